The van der Waals surface area contributed by atoms with Crippen LogP contribution in [0, 0.1) is 12.7 Å². The smallest absolute Gasteiger partial charge is 0.131 e. The molecule has 1 aromatic carbocycles. The number of halogens is 1. The van der Waals surface area contributed by atoms with Gasteiger partial charge in [-0.1, -0.05) is 18.2 Å². The Morgan fingerprint density at radius 1 is 1.50 bits per heavy atom. The first-order valence-corrected chi connectivity index (χ1v) is 6.73. The van der Waals surface area contributed by atoms with Crippen molar-refractivity contribution in [2.45, 2.75) is 51.2 Å². The molecule has 18 heavy (non-hydrogen) atoms. The quantitative estimate of drug-likeness (QED) is 0.868. The molecular weight excluding hydrogens is 231 g/mol. The van der Waals surface area contributed by atoms with Crippen molar-refractivity contribution in [2.75, 3.05) is 6.61 Å². The van der Waals surface area contributed by atoms with Crippen LogP contribution in [0.4, 0.5) is 4.39 Å². The predicted octanol–water partition coefficient (Wildman–Crippen LogP) is 3.52. The Hall–Kier alpha value is -0.930. The second-order valence-electron chi connectivity index (χ2n) is 5.06. The van der Waals surface area contributed by atoms with Crippen molar-refractivity contribution in [1.29, 1.82) is 0 Å². The Morgan fingerprint density at radius 2 is 2.33 bits per heavy atom. The van der Waals surface area contributed by atoms with Gasteiger partial charge >= 0.3 is 0 Å². The van der Waals surface area contributed by atoms with Crippen LogP contribution in [0.5, 0.6) is 0 Å². The van der Waals surface area contributed by atoms with Crippen LogP contribution >= 0.6 is 0 Å². The van der Waals surface area contributed by atoms with Crippen molar-refractivity contribution in [3.05, 3.63) is 35.1 Å². The molecule has 0 saturated carbocycles. The van der Waals surface area contributed by atoms with Gasteiger partial charge in [-0.25, -0.2) is 4.39 Å². The van der Waals surface area contributed by atoms with E-state index in [1.807, 2.05) is 0 Å². The zero-order chi connectivity index (χ0) is 13.0. The zero-order valence-electron chi connectivity index (χ0n) is 10.9. The minimum atomic E-state index is -0.702. The molecule has 1 aliphatic rings. The third-order valence-electron chi connectivity index (χ3n) is 3.61. The minimum Gasteiger partial charge on any atom is -0.388 e. The molecule has 2 nitrogen and oxygen atoms in total. The fraction of sp³-hybridized carbons (Fsp3) is 0.600. The highest BCUT2D eigenvalue weighted by atomic mass is 19.1. The number of hydrogen-bond donors (Lipinski definition) is 1. The number of aliphatic hydroxyl groups excluding tert-OH is 1. The van der Waals surface area contributed by atoms with Crippen LogP contribution in [-0.2, 0) is 4.74 Å². The van der Waals surface area contributed by atoms with Crippen LogP contribution in [-0.4, -0.2) is 17.8 Å². The summed E-state index contributed by atoms with van der Waals surface area (Å²) >= 11 is 0. The van der Waals surface area contributed by atoms with Crippen molar-refractivity contribution >= 4 is 0 Å². The van der Waals surface area contributed by atoms with Crippen LogP contribution in [0.25, 0.3) is 0 Å². The van der Waals surface area contributed by atoms with E-state index in [4.69, 9.17) is 4.74 Å². The van der Waals surface area contributed by atoms with Gasteiger partial charge in [-0.05, 0) is 44.6 Å². The van der Waals surface area contributed by atoms with E-state index in [1.165, 1.54) is 0 Å². The molecule has 3 heteroatoms. The molecule has 100 valence electrons. The summed E-state index contributed by atoms with van der Waals surface area (Å²) in [6.45, 7) is 2.58. The maximum Gasteiger partial charge on any atom is 0.131 e. The van der Waals surface area contributed by atoms with Gasteiger partial charge in [0.25, 0.3) is 0 Å². The highest BCUT2D eigenvalue weighted by Crippen LogP contribution is 2.25. The fourth-order valence-corrected chi connectivity index (χ4v) is 2.49. The normalized spacial score (nSPS) is 21.2. The maximum atomic E-state index is 13.8. The first-order valence-electron chi connectivity index (χ1n) is 6.73. The van der Waals surface area contributed by atoms with Gasteiger partial charge in [0.05, 0.1) is 12.2 Å². The van der Waals surface area contributed by atoms with Crippen molar-refractivity contribution in [3.63, 3.8) is 0 Å². The van der Waals surface area contributed by atoms with E-state index < -0.39 is 6.10 Å². The van der Waals surface area contributed by atoms with Crippen LogP contribution in [0.2, 0.25) is 0 Å². The molecule has 0 spiro atoms. The molecule has 2 atom stereocenters. The van der Waals surface area contributed by atoms with E-state index in [1.54, 1.807) is 25.1 Å². The molecule has 1 saturated heterocycles. The van der Waals surface area contributed by atoms with Gasteiger partial charge in [0.15, 0.2) is 0 Å². The number of rotatable bonds is 5. The summed E-state index contributed by atoms with van der Waals surface area (Å²) in [5.41, 5.74) is 1.01. The summed E-state index contributed by atoms with van der Waals surface area (Å²) < 4.78 is 19.3. The SMILES string of the molecule is Cc1cccc(C(O)CCCC2CCCO2)c1F. The molecule has 0 radical (unpaired) electrons. The maximum absolute atomic E-state index is 13.8. The topological polar surface area (TPSA) is 29.5 Å². The highest BCUT2D eigenvalue weighted by molar-refractivity contribution is 5.26. The highest BCUT2D eigenvalue weighted by Gasteiger charge is 2.17. The van der Waals surface area contributed by atoms with Gasteiger partial charge in [-0.2, -0.15) is 0 Å². The van der Waals surface area contributed by atoms with Gasteiger partial charge in [0.2, 0.25) is 0 Å². The Bertz CT molecular complexity index is 386. The van der Waals surface area contributed by atoms with E-state index in [0.717, 1.165) is 32.3 Å². The molecule has 0 aromatic heterocycles. The first kappa shape index (κ1) is 13.5. The predicted molar refractivity (Wildman–Crippen MR) is 68.9 cm³/mol. The average Bonchev–Trinajstić information content (AvgIpc) is 2.85. The Morgan fingerprint density at radius 3 is 3.06 bits per heavy atom. The lowest BCUT2D eigenvalue weighted by Crippen LogP contribution is -2.07. The van der Waals surface area contributed by atoms with Gasteiger partial charge in [-0.15, -0.1) is 0 Å². The van der Waals surface area contributed by atoms with Crippen LogP contribution in [0.1, 0.15) is 49.3 Å². The van der Waals surface area contributed by atoms with E-state index in [0.29, 0.717) is 23.7 Å². The standard InChI is InChI=1S/C15H21FO2/c1-11-5-2-8-13(15(11)16)14(17)9-3-6-12-7-4-10-18-12/h2,5,8,12,14,17H,3-4,6-7,9-10H2,1H3. The van der Waals surface area contributed by atoms with Crippen LogP contribution in [0.15, 0.2) is 18.2 Å². The molecular formula is C15H21FO2. The molecule has 0 bridgehead atoms. The van der Waals surface area contributed by atoms with E-state index in [9.17, 15) is 9.50 Å². The van der Waals surface area contributed by atoms with Crippen molar-refractivity contribution in [3.8, 4) is 0 Å². The average molecular weight is 252 g/mol. The summed E-state index contributed by atoms with van der Waals surface area (Å²) in [6.07, 6.45) is 4.34. The lowest BCUT2D eigenvalue weighted by atomic mass is 9.99. The molecule has 0 amide bonds. The van der Waals surface area contributed by atoms with Gasteiger partial charge in [0, 0.05) is 12.2 Å². The Balaban J connectivity index is 1.83. The molecule has 0 aliphatic carbocycles. The van der Waals surface area contributed by atoms with Gasteiger partial charge in [-0.3, -0.25) is 0 Å². The lowest BCUT2D eigenvalue weighted by Gasteiger charge is -2.14. The third-order valence-corrected chi connectivity index (χ3v) is 3.61. The van der Waals surface area contributed by atoms with Crippen molar-refractivity contribution < 1.29 is 14.2 Å². The Labute approximate surface area is 108 Å². The number of aryl methyl sites for hydroxylation is 1. The largest absolute Gasteiger partial charge is 0.388 e. The molecule has 1 aliphatic heterocycles. The summed E-state index contributed by atoms with van der Waals surface area (Å²) in [6, 6.07) is 5.17. The lowest BCUT2D eigenvalue weighted by molar-refractivity contribution is 0.0940. The third kappa shape index (κ3) is 3.30. The molecule has 1 aromatic rings. The van der Waals surface area contributed by atoms with E-state index in [-0.39, 0.29) is 5.82 Å². The number of benzene rings is 1. The summed E-state index contributed by atoms with van der Waals surface area (Å²) in [4.78, 5) is 0. The second-order valence-corrected chi connectivity index (χ2v) is 5.06. The minimum absolute atomic E-state index is 0.276. The summed E-state index contributed by atoms with van der Waals surface area (Å²) in [7, 11) is 0. The van der Waals surface area contributed by atoms with Crippen molar-refractivity contribution in [1.82, 2.24) is 0 Å². The fourth-order valence-electron chi connectivity index (χ4n) is 2.49. The summed E-state index contributed by atoms with van der Waals surface area (Å²) in [5, 5.41) is 10.0. The second kappa shape index (κ2) is 6.30. The molecule has 1 fully saturated rings. The van der Waals surface area contributed by atoms with Gasteiger partial charge in [0.1, 0.15) is 5.82 Å². The molecule has 2 rings (SSSR count). The molecule has 1 heterocycles. The summed E-state index contributed by atoms with van der Waals surface area (Å²) in [5.74, 6) is -0.276. The van der Waals surface area contributed by atoms with E-state index in [2.05, 4.69) is 0 Å². The number of ether oxygens (including phenoxy) is 1. The Kier molecular flexibility index (Phi) is 4.72. The van der Waals surface area contributed by atoms with Gasteiger partial charge < -0.3 is 9.84 Å². The molecule has 1 N–H and O–H groups in total. The monoisotopic (exact) mass is 252 g/mol. The van der Waals surface area contributed by atoms with E-state index >= 15 is 0 Å². The van der Waals surface area contributed by atoms with Crippen molar-refractivity contribution in [2.24, 2.45) is 0 Å². The zero-order valence-corrected chi connectivity index (χ0v) is 10.9. The van der Waals surface area contributed by atoms with Crippen LogP contribution < -0.4 is 0 Å². The molecule has 2 unspecified atom stereocenters. The van der Waals surface area contributed by atoms with Crippen LogP contribution in [0.3, 0.4) is 0 Å². The first-order chi connectivity index (χ1) is 8.68. The number of aliphatic hydroxyl groups is 1. The number of hydrogen-bond acceptors (Lipinski definition) is 2.